The van der Waals surface area contributed by atoms with Gasteiger partial charge in [0.15, 0.2) is 0 Å². The largest absolute Gasteiger partial charge is 0.368 e. The molecular formula is C14H26N2O2. The van der Waals surface area contributed by atoms with E-state index in [1.807, 2.05) is 4.90 Å². The predicted octanol–water partition coefficient (Wildman–Crippen LogP) is 1.26. The number of amides is 1. The fourth-order valence-electron chi connectivity index (χ4n) is 3.45. The van der Waals surface area contributed by atoms with Crippen LogP contribution in [-0.2, 0) is 9.53 Å². The Hall–Kier alpha value is -0.610. The van der Waals surface area contributed by atoms with Gasteiger partial charge in [-0.3, -0.25) is 4.79 Å². The third kappa shape index (κ3) is 2.69. The van der Waals surface area contributed by atoms with Crippen molar-refractivity contribution in [2.24, 2.45) is 11.8 Å². The molecule has 2 unspecified atom stereocenters. The molecule has 2 atom stereocenters. The Morgan fingerprint density at radius 1 is 1.22 bits per heavy atom. The molecule has 2 heterocycles. The van der Waals surface area contributed by atoms with Crippen LogP contribution in [-0.4, -0.2) is 49.7 Å². The molecule has 18 heavy (non-hydrogen) atoms. The van der Waals surface area contributed by atoms with Crippen LogP contribution in [0.15, 0.2) is 0 Å². The minimum atomic E-state index is -0.567. The van der Waals surface area contributed by atoms with E-state index < -0.39 is 5.60 Å². The molecule has 104 valence electrons. The Morgan fingerprint density at radius 2 is 1.78 bits per heavy atom. The van der Waals surface area contributed by atoms with Gasteiger partial charge in [-0.2, -0.15) is 0 Å². The lowest BCUT2D eigenvalue weighted by Gasteiger charge is -2.42. The van der Waals surface area contributed by atoms with Gasteiger partial charge in [-0.25, -0.2) is 0 Å². The highest BCUT2D eigenvalue weighted by Crippen LogP contribution is 2.29. The lowest BCUT2D eigenvalue weighted by molar-refractivity contribution is -0.161. The topological polar surface area (TPSA) is 41.6 Å². The quantitative estimate of drug-likeness (QED) is 0.806. The zero-order chi connectivity index (χ0) is 13.2. The van der Waals surface area contributed by atoms with Crippen LogP contribution >= 0.6 is 0 Å². The minimum absolute atomic E-state index is 0.213. The number of rotatable bonds is 2. The molecule has 2 aliphatic heterocycles. The van der Waals surface area contributed by atoms with Gasteiger partial charge in [-0.05, 0) is 44.2 Å². The molecule has 2 aliphatic rings. The van der Waals surface area contributed by atoms with E-state index in [0.717, 1.165) is 39.0 Å². The van der Waals surface area contributed by atoms with E-state index >= 15 is 0 Å². The van der Waals surface area contributed by atoms with E-state index in [1.165, 1.54) is 6.42 Å². The summed E-state index contributed by atoms with van der Waals surface area (Å²) in [6, 6.07) is 0. The number of hydrogen-bond acceptors (Lipinski definition) is 3. The van der Waals surface area contributed by atoms with Crippen molar-refractivity contribution in [2.45, 2.75) is 38.7 Å². The summed E-state index contributed by atoms with van der Waals surface area (Å²) in [4.78, 5) is 14.8. The number of methoxy groups -OCH3 is 1. The molecular weight excluding hydrogens is 228 g/mol. The van der Waals surface area contributed by atoms with Crippen LogP contribution in [0.5, 0.6) is 0 Å². The first-order chi connectivity index (χ1) is 8.57. The number of piperidine rings is 2. The maximum absolute atomic E-state index is 12.8. The summed E-state index contributed by atoms with van der Waals surface area (Å²) < 4.78 is 5.63. The summed E-state index contributed by atoms with van der Waals surface area (Å²) in [7, 11) is 1.68. The van der Waals surface area contributed by atoms with Crippen LogP contribution in [0.2, 0.25) is 0 Å². The Morgan fingerprint density at radius 3 is 2.28 bits per heavy atom. The van der Waals surface area contributed by atoms with Crippen molar-refractivity contribution in [1.29, 1.82) is 0 Å². The summed E-state index contributed by atoms with van der Waals surface area (Å²) in [6.45, 7) is 8.00. The van der Waals surface area contributed by atoms with Crippen molar-refractivity contribution in [3.05, 3.63) is 0 Å². The zero-order valence-electron chi connectivity index (χ0n) is 11.9. The molecule has 0 aromatic rings. The van der Waals surface area contributed by atoms with Crippen molar-refractivity contribution in [3.63, 3.8) is 0 Å². The fourth-order valence-corrected chi connectivity index (χ4v) is 3.45. The number of ether oxygens (including phenoxy) is 1. The van der Waals surface area contributed by atoms with E-state index in [4.69, 9.17) is 4.74 Å². The summed E-state index contributed by atoms with van der Waals surface area (Å²) in [5.74, 6) is 1.42. The lowest BCUT2D eigenvalue weighted by atomic mass is 9.86. The molecule has 1 N–H and O–H groups in total. The van der Waals surface area contributed by atoms with E-state index in [9.17, 15) is 4.79 Å². The second-order valence-electron chi connectivity index (χ2n) is 6.10. The first-order valence-corrected chi connectivity index (χ1v) is 7.12. The van der Waals surface area contributed by atoms with Crippen LogP contribution in [0.4, 0.5) is 0 Å². The van der Waals surface area contributed by atoms with E-state index in [1.54, 1.807) is 7.11 Å². The first kappa shape index (κ1) is 13.8. The Kier molecular flexibility index (Phi) is 4.28. The van der Waals surface area contributed by atoms with Crippen molar-refractivity contribution in [2.75, 3.05) is 33.3 Å². The summed E-state index contributed by atoms with van der Waals surface area (Å²) in [5.41, 5.74) is -0.567. The van der Waals surface area contributed by atoms with Crippen LogP contribution in [0, 0.1) is 11.8 Å². The summed E-state index contributed by atoms with van der Waals surface area (Å²) in [5, 5.41) is 3.30. The molecule has 0 radical (unpaired) electrons. The molecule has 0 bridgehead atoms. The molecule has 4 nitrogen and oxygen atoms in total. The number of likely N-dealkylation sites (tertiary alicyclic amines) is 1. The smallest absolute Gasteiger partial charge is 0.254 e. The summed E-state index contributed by atoms with van der Waals surface area (Å²) >= 11 is 0. The van der Waals surface area contributed by atoms with Crippen LogP contribution < -0.4 is 5.32 Å². The van der Waals surface area contributed by atoms with Crippen molar-refractivity contribution < 1.29 is 9.53 Å². The molecule has 0 aromatic heterocycles. The maximum Gasteiger partial charge on any atom is 0.254 e. The highest BCUT2D eigenvalue weighted by atomic mass is 16.5. The van der Waals surface area contributed by atoms with Crippen LogP contribution in [0.1, 0.15) is 33.1 Å². The molecule has 2 saturated heterocycles. The van der Waals surface area contributed by atoms with Gasteiger partial charge in [-0.1, -0.05) is 13.8 Å². The minimum Gasteiger partial charge on any atom is -0.368 e. The second kappa shape index (κ2) is 5.57. The van der Waals surface area contributed by atoms with Gasteiger partial charge in [0.2, 0.25) is 0 Å². The number of nitrogens with one attached hydrogen (secondary N) is 1. The van der Waals surface area contributed by atoms with Crippen molar-refractivity contribution in [1.82, 2.24) is 10.2 Å². The maximum atomic E-state index is 12.8. The monoisotopic (exact) mass is 254 g/mol. The summed E-state index contributed by atoms with van der Waals surface area (Å²) in [6.07, 6.45) is 2.81. The SMILES string of the molecule is COC1(C(=O)N2CC(C)CC(C)C2)CCNCC1. The van der Waals surface area contributed by atoms with Crippen LogP contribution in [0.3, 0.4) is 0 Å². The third-order valence-electron chi connectivity index (χ3n) is 4.35. The van der Waals surface area contributed by atoms with Gasteiger partial charge in [-0.15, -0.1) is 0 Å². The van der Waals surface area contributed by atoms with Crippen molar-refractivity contribution in [3.8, 4) is 0 Å². The van der Waals surface area contributed by atoms with E-state index in [0.29, 0.717) is 11.8 Å². The molecule has 1 amide bonds. The first-order valence-electron chi connectivity index (χ1n) is 7.12. The predicted molar refractivity (Wildman–Crippen MR) is 71.4 cm³/mol. The molecule has 0 aliphatic carbocycles. The average Bonchev–Trinajstić information content (AvgIpc) is 2.37. The number of nitrogens with zero attached hydrogens (tertiary/aromatic N) is 1. The van der Waals surface area contributed by atoms with Gasteiger partial charge in [0.05, 0.1) is 0 Å². The molecule has 2 fully saturated rings. The van der Waals surface area contributed by atoms with Gasteiger partial charge >= 0.3 is 0 Å². The molecule has 0 spiro atoms. The average molecular weight is 254 g/mol. The van der Waals surface area contributed by atoms with E-state index in [-0.39, 0.29) is 5.91 Å². The highest BCUT2D eigenvalue weighted by Gasteiger charge is 2.43. The van der Waals surface area contributed by atoms with Crippen molar-refractivity contribution >= 4 is 5.91 Å². The second-order valence-corrected chi connectivity index (χ2v) is 6.10. The standard InChI is InChI=1S/C14H26N2O2/c1-11-8-12(2)10-16(9-11)13(17)14(18-3)4-6-15-7-5-14/h11-12,15H,4-10H2,1-3H3. The lowest BCUT2D eigenvalue weighted by Crippen LogP contribution is -2.57. The van der Waals surface area contributed by atoms with Crippen LogP contribution in [0.25, 0.3) is 0 Å². The fraction of sp³-hybridized carbons (Fsp3) is 0.929. The van der Waals surface area contributed by atoms with E-state index in [2.05, 4.69) is 19.2 Å². The number of carbonyl (C=O) groups excluding carboxylic acids is 1. The molecule has 2 rings (SSSR count). The number of hydrogen-bond donors (Lipinski definition) is 1. The zero-order valence-corrected chi connectivity index (χ0v) is 11.9. The van der Waals surface area contributed by atoms with Gasteiger partial charge < -0.3 is 15.0 Å². The van der Waals surface area contributed by atoms with Gasteiger partial charge in [0.1, 0.15) is 5.60 Å². The Balaban J connectivity index is 2.08. The molecule has 0 aromatic carbocycles. The Bertz CT molecular complexity index is 290. The molecule has 0 saturated carbocycles. The van der Waals surface area contributed by atoms with Gasteiger partial charge in [0, 0.05) is 20.2 Å². The normalized spacial score (nSPS) is 32.3. The molecule has 4 heteroatoms. The van der Waals surface area contributed by atoms with Gasteiger partial charge in [0.25, 0.3) is 5.91 Å². The number of carbonyl (C=O) groups is 1. The third-order valence-corrected chi connectivity index (χ3v) is 4.35. The Labute approximate surface area is 110 Å². The highest BCUT2D eigenvalue weighted by molar-refractivity contribution is 5.85.